The molecule has 0 spiro atoms. The minimum absolute atomic E-state index is 0.361. The lowest BCUT2D eigenvalue weighted by Gasteiger charge is -2.12. The molecule has 0 bridgehead atoms. The van der Waals surface area contributed by atoms with Gasteiger partial charge < -0.3 is 0 Å². The van der Waals surface area contributed by atoms with Crippen LogP contribution in [0.15, 0.2) is 66.2 Å². The summed E-state index contributed by atoms with van der Waals surface area (Å²) >= 11 is 7.57. The zero-order valence-corrected chi connectivity index (χ0v) is 16.4. The molecule has 29 heavy (non-hydrogen) atoms. The number of hydrogen-bond donors (Lipinski definition) is 3. The molecule has 4 aromatic rings. The summed E-state index contributed by atoms with van der Waals surface area (Å²) in [6, 6.07) is 15.6. The molecule has 0 aliphatic heterocycles. The second-order valence-corrected chi connectivity index (χ2v) is 7.22. The van der Waals surface area contributed by atoms with E-state index in [1.807, 2.05) is 36.4 Å². The van der Waals surface area contributed by atoms with Crippen LogP contribution in [0, 0.1) is 0 Å². The molecule has 2 heterocycles. The second kappa shape index (κ2) is 8.26. The summed E-state index contributed by atoms with van der Waals surface area (Å²) in [5.41, 5.74) is 7.01. The molecule has 144 valence electrons. The number of fused-ring (bicyclic) bond motifs is 1. The monoisotopic (exact) mass is 423 g/mol. The summed E-state index contributed by atoms with van der Waals surface area (Å²) in [4.78, 5) is 33.3. The standard InChI is InChI=1S/C20H14ClN5O2S/c21-15-7-3-1-6-13(15)17-11-14(12-5-2-4-8-16(12)23-17)18(27)25-26-19(28)24-20-22-9-10-29-20/h1-11H,(H,25,27)(H2,22,24,26,28). The van der Waals surface area contributed by atoms with E-state index in [1.165, 1.54) is 11.3 Å². The van der Waals surface area contributed by atoms with Crippen LogP contribution in [0.1, 0.15) is 10.4 Å². The summed E-state index contributed by atoms with van der Waals surface area (Å²) in [7, 11) is 0. The number of amides is 3. The SMILES string of the molecule is O=C(NNC(=O)c1cc(-c2ccccc2Cl)nc2ccccc12)Nc1nccs1. The minimum atomic E-state index is -0.599. The Balaban J connectivity index is 1.62. The van der Waals surface area contributed by atoms with E-state index < -0.39 is 11.9 Å². The fourth-order valence-corrected chi connectivity index (χ4v) is 3.52. The van der Waals surface area contributed by atoms with E-state index in [2.05, 4.69) is 26.1 Å². The number of rotatable bonds is 3. The number of hydrogen-bond acceptors (Lipinski definition) is 5. The van der Waals surface area contributed by atoms with Gasteiger partial charge in [0.2, 0.25) is 0 Å². The highest BCUT2D eigenvalue weighted by atomic mass is 35.5. The molecule has 9 heteroatoms. The molecule has 2 aromatic carbocycles. The van der Waals surface area contributed by atoms with Gasteiger partial charge in [0.1, 0.15) is 0 Å². The van der Waals surface area contributed by atoms with Crippen LogP contribution in [0.25, 0.3) is 22.2 Å². The molecule has 0 saturated heterocycles. The van der Waals surface area contributed by atoms with Gasteiger partial charge in [-0.05, 0) is 18.2 Å². The van der Waals surface area contributed by atoms with Crippen molar-refractivity contribution >= 4 is 50.9 Å². The van der Waals surface area contributed by atoms with Gasteiger partial charge in [-0.2, -0.15) is 0 Å². The van der Waals surface area contributed by atoms with Gasteiger partial charge in [0, 0.05) is 27.5 Å². The highest BCUT2D eigenvalue weighted by Gasteiger charge is 2.16. The van der Waals surface area contributed by atoms with Crippen LogP contribution >= 0.6 is 22.9 Å². The lowest BCUT2D eigenvalue weighted by atomic mass is 10.0. The van der Waals surface area contributed by atoms with Gasteiger partial charge in [0.05, 0.1) is 16.8 Å². The Kier molecular flexibility index (Phi) is 5.37. The minimum Gasteiger partial charge on any atom is -0.282 e. The number of nitrogens with one attached hydrogen (secondary N) is 3. The van der Waals surface area contributed by atoms with E-state index in [0.29, 0.717) is 37.9 Å². The number of nitrogens with zero attached hydrogens (tertiary/aromatic N) is 2. The van der Waals surface area contributed by atoms with Crippen molar-refractivity contribution in [3.8, 4) is 11.3 Å². The third-order valence-corrected chi connectivity index (χ3v) is 5.07. The number of carbonyl (C=O) groups is 2. The maximum Gasteiger partial charge on any atom is 0.339 e. The molecule has 3 N–H and O–H groups in total. The van der Waals surface area contributed by atoms with Gasteiger partial charge in [-0.3, -0.25) is 15.5 Å². The zero-order valence-electron chi connectivity index (χ0n) is 14.8. The van der Waals surface area contributed by atoms with Crippen LogP contribution in [0.2, 0.25) is 5.02 Å². The number of halogens is 1. The van der Waals surface area contributed by atoms with Crippen LogP contribution in [-0.2, 0) is 0 Å². The van der Waals surface area contributed by atoms with Crippen molar-refractivity contribution in [2.45, 2.75) is 0 Å². The summed E-state index contributed by atoms with van der Waals surface area (Å²) < 4.78 is 0. The van der Waals surface area contributed by atoms with Crippen molar-refractivity contribution in [1.82, 2.24) is 20.8 Å². The van der Waals surface area contributed by atoms with Gasteiger partial charge in [0.15, 0.2) is 5.13 Å². The van der Waals surface area contributed by atoms with E-state index >= 15 is 0 Å². The van der Waals surface area contributed by atoms with E-state index in [4.69, 9.17) is 11.6 Å². The van der Waals surface area contributed by atoms with Gasteiger partial charge in [0.25, 0.3) is 5.91 Å². The maximum atomic E-state index is 12.8. The number of pyridine rings is 1. The third-order valence-electron chi connectivity index (χ3n) is 4.05. The van der Waals surface area contributed by atoms with Crippen molar-refractivity contribution in [1.29, 1.82) is 0 Å². The quantitative estimate of drug-likeness (QED) is 0.423. The number of thiazole rings is 1. The van der Waals surface area contributed by atoms with Crippen molar-refractivity contribution in [2.24, 2.45) is 0 Å². The topological polar surface area (TPSA) is 96.0 Å². The Morgan fingerprint density at radius 1 is 1.00 bits per heavy atom. The Labute approximate surface area is 174 Å². The van der Waals surface area contributed by atoms with Crippen molar-refractivity contribution in [2.75, 3.05) is 5.32 Å². The molecule has 4 rings (SSSR count). The van der Waals surface area contributed by atoms with E-state index in [-0.39, 0.29) is 0 Å². The summed E-state index contributed by atoms with van der Waals surface area (Å²) in [6.07, 6.45) is 1.57. The third kappa shape index (κ3) is 4.18. The normalized spacial score (nSPS) is 10.5. The van der Waals surface area contributed by atoms with E-state index in [0.717, 1.165) is 0 Å². The van der Waals surface area contributed by atoms with Crippen molar-refractivity contribution < 1.29 is 9.59 Å². The summed E-state index contributed by atoms with van der Waals surface area (Å²) in [6.45, 7) is 0. The molecule has 0 atom stereocenters. The van der Waals surface area contributed by atoms with Gasteiger partial charge in [-0.25, -0.2) is 20.2 Å². The molecule has 0 aliphatic rings. The molecular weight excluding hydrogens is 410 g/mol. The van der Waals surface area contributed by atoms with E-state index in [1.54, 1.807) is 29.8 Å². The summed E-state index contributed by atoms with van der Waals surface area (Å²) in [5, 5.41) is 5.86. The predicted octanol–water partition coefficient (Wildman–Crippen LogP) is 4.48. The number of aromatic nitrogens is 2. The molecular formula is C20H14ClN5O2S. The second-order valence-electron chi connectivity index (χ2n) is 5.92. The Morgan fingerprint density at radius 3 is 2.59 bits per heavy atom. The fraction of sp³-hybridized carbons (Fsp3) is 0. The van der Waals surface area contributed by atoms with Crippen LogP contribution in [0.3, 0.4) is 0 Å². The summed E-state index contributed by atoms with van der Waals surface area (Å²) in [5.74, 6) is -0.480. The Hall–Kier alpha value is -3.49. The lowest BCUT2D eigenvalue weighted by molar-refractivity contribution is 0.0939. The number of urea groups is 1. The zero-order chi connectivity index (χ0) is 20.2. The first-order valence-electron chi connectivity index (χ1n) is 8.53. The van der Waals surface area contributed by atoms with Crippen molar-refractivity contribution in [3.05, 3.63) is 76.8 Å². The van der Waals surface area contributed by atoms with Gasteiger partial charge in [-0.15, -0.1) is 11.3 Å². The number of para-hydroxylation sites is 1. The van der Waals surface area contributed by atoms with Crippen LogP contribution in [0.4, 0.5) is 9.93 Å². The predicted molar refractivity (Wildman–Crippen MR) is 114 cm³/mol. The molecule has 3 amide bonds. The molecule has 7 nitrogen and oxygen atoms in total. The number of anilines is 1. The number of hydrazine groups is 1. The maximum absolute atomic E-state index is 12.8. The van der Waals surface area contributed by atoms with Crippen molar-refractivity contribution in [3.63, 3.8) is 0 Å². The number of benzene rings is 2. The van der Waals surface area contributed by atoms with Gasteiger partial charge in [-0.1, -0.05) is 48.0 Å². The molecule has 0 saturated carbocycles. The number of carbonyl (C=O) groups excluding carboxylic acids is 2. The molecule has 0 unspecified atom stereocenters. The Bertz CT molecular complexity index is 1200. The van der Waals surface area contributed by atoms with E-state index in [9.17, 15) is 9.59 Å². The highest BCUT2D eigenvalue weighted by molar-refractivity contribution is 7.13. The lowest BCUT2D eigenvalue weighted by Crippen LogP contribution is -2.44. The van der Waals surface area contributed by atoms with Crippen LogP contribution in [0.5, 0.6) is 0 Å². The molecule has 0 fully saturated rings. The highest BCUT2D eigenvalue weighted by Crippen LogP contribution is 2.29. The largest absolute Gasteiger partial charge is 0.339 e. The average Bonchev–Trinajstić information content (AvgIpc) is 3.24. The van der Waals surface area contributed by atoms with Crippen LogP contribution < -0.4 is 16.2 Å². The van der Waals surface area contributed by atoms with Crippen LogP contribution in [-0.4, -0.2) is 21.9 Å². The smallest absolute Gasteiger partial charge is 0.282 e. The molecule has 2 aromatic heterocycles. The van der Waals surface area contributed by atoms with Gasteiger partial charge >= 0.3 is 6.03 Å². The molecule has 0 radical (unpaired) electrons. The average molecular weight is 424 g/mol. The Morgan fingerprint density at radius 2 is 1.79 bits per heavy atom. The first-order valence-corrected chi connectivity index (χ1v) is 9.79. The molecule has 0 aliphatic carbocycles. The first kappa shape index (κ1) is 18.9. The first-order chi connectivity index (χ1) is 14.1. The fourth-order valence-electron chi connectivity index (χ4n) is 2.76.